The lowest BCUT2D eigenvalue weighted by atomic mass is 10.0. The Morgan fingerprint density at radius 3 is 2.77 bits per heavy atom. The van der Waals surface area contributed by atoms with Crippen molar-refractivity contribution >= 4 is 17.3 Å². The van der Waals surface area contributed by atoms with Crippen LogP contribution in [0.25, 0.3) is 0 Å². The largest absolute Gasteiger partial charge is 0.390 e. The van der Waals surface area contributed by atoms with Crippen molar-refractivity contribution in [3.05, 3.63) is 70.5 Å². The summed E-state index contributed by atoms with van der Waals surface area (Å²) >= 11 is 6.14. The van der Waals surface area contributed by atoms with Gasteiger partial charge in [-0.1, -0.05) is 60.9 Å². The van der Waals surface area contributed by atoms with Gasteiger partial charge in [0.1, 0.15) is 11.9 Å². The molecule has 1 aliphatic heterocycles. The van der Waals surface area contributed by atoms with Crippen LogP contribution in [0.15, 0.2) is 53.7 Å². The van der Waals surface area contributed by atoms with Gasteiger partial charge in [-0.25, -0.2) is 4.39 Å². The average Bonchev–Trinajstić information content (AvgIpc) is 3.16. The van der Waals surface area contributed by atoms with Gasteiger partial charge in [0.05, 0.1) is 18.4 Å². The topological polar surface area (TPSA) is 54.3 Å². The zero-order chi connectivity index (χ0) is 22.2. The van der Waals surface area contributed by atoms with Gasteiger partial charge in [-0.2, -0.15) is 0 Å². The second kappa shape index (κ2) is 11.6. The molecule has 2 unspecified atom stereocenters. The molecule has 31 heavy (non-hydrogen) atoms. The minimum absolute atomic E-state index is 0.224. The fourth-order valence-corrected chi connectivity index (χ4v) is 3.77. The zero-order valence-electron chi connectivity index (χ0n) is 18.0. The van der Waals surface area contributed by atoms with Gasteiger partial charge in [-0.3, -0.25) is 4.90 Å². The molecule has 168 valence electrons. The third-order valence-corrected chi connectivity index (χ3v) is 5.14. The van der Waals surface area contributed by atoms with Gasteiger partial charge in [-0.15, -0.1) is 0 Å². The highest BCUT2D eigenvalue weighted by atomic mass is 35.5. The highest BCUT2D eigenvalue weighted by Gasteiger charge is 2.27. The first kappa shape index (κ1) is 23.7. The van der Waals surface area contributed by atoms with Crippen LogP contribution in [0.1, 0.15) is 31.4 Å². The summed E-state index contributed by atoms with van der Waals surface area (Å²) in [7, 11) is 0. The number of hydrogen-bond acceptors (Lipinski definition) is 5. The second-order valence-electron chi connectivity index (χ2n) is 8.36. The summed E-state index contributed by atoms with van der Waals surface area (Å²) in [5.74, 6) is 0.106. The fraction of sp³-hybridized carbons (Fsp3) is 0.458. The predicted octanol–water partition coefficient (Wildman–Crippen LogP) is 4.51. The first-order valence-corrected chi connectivity index (χ1v) is 11.0. The number of ether oxygens (including phenoxy) is 1. The first-order valence-electron chi connectivity index (χ1n) is 10.6. The van der Waals surface area contributed by atoms with Crippen LogP contribution in [0.3, 0.4) is 0 Å². The number of aliphatic hydroxyl groups is 1. The molecule has 3 rings (SSSR count). The molecule has 0 saturated carbocycles. The molecule has 1 N–H and O–H groups in total. The van der Waals surface area contributed by atoms with E-state index in [2.05, 4.69) is 23.9 Å². The van der Waals surface area contributed by atoms with Gasteiger partial charge < -0.3 is 14.7 Å². The van der Waals surface area contributed by atoms with E-state index in [9.17, 15) is 9.50 Å². The summed E-state index contributed by atoms with van der Waals surface area (Å²) < 4.78 is 19.7. The van der Waals surface area contributed by atoms with Gasteiger partial charge in [0.25, 0.3) is 0 Å². The molecule has 1 heterocycles. The second-order valence-corrected chi connectivity index (χ2v) is 8.79. The Bertz CT molecular complexity index is 877. The van der Waals surface area contributed by atoms with E-state index in [1.807, 2.05) is 24.3 Å². The average molecular weight is 449 g/mol. The van der Waals surface area contributed by atoms with E-state index in [1.165, 1.54) is 6.07 Å². The smallest absolute Gasteiger partial charge is 0.145 e. The molecule has 0 radical (unpaired) electrons. The molecule has 2 atom stereocenters. The lowest BCUT2D eigenvalue weighted by molar-refractivity contribution is -0.00734. The molecule has 7 heteroatoms. The minimum atomic E-state index is -0.633. The van der Waals surface area contributed by atoms with Gasteiger partial charge in [0, 0.05) is 43.2 Å². The third-order valence-electron chi connectivity index (χ3n) is 4.91. The number of hydrogen-bond donors (Lipinski definition) is 1. The summed E-state index contributed by atoms with van der Waals surface area (Å²) in [5.41, 5.74) is 2.11. The maximum absolute atomic E-state index is 14.1. The maximum atomic E-state index is 14.1. The van der Waals surface area contributed by atoms with Crippen LogP contribution >= 0.6 is 11.6 Å². The quantitative estimate of drug-likeness (QED) is 0.549. The molecule has 2 aromatic rings. The van der Waals surface area contributed by atoms with E-state index >= 15 is 0 Å². The van der Waals surface area contributed by atoms with Crippen molar-refractivity contribution in [1.29, 1.82) is 0 Å². The molecule has 0 bridgehead atoms. The lowest BCUT2D eigenvalue weighted by Crippen LogP contribution is -2.39. The Kier molecular flexibility index (Phi) is 8.84. The van der Waals surface area contributed by atoms with Gasteiger partial charge in [0.2, 0.25) is 0 Å². The number of benzene rings is 2. The molecular weight excluding hydrogens is 419 g/mol. The van der Waals surface area contributed by atoms with E-state index in [-0.39, 0.29) is 18.5 Å². The normalized spacial score (nSPS) is 17.1. The highest BCUT2D eigenvalue weighted by molar-refractivity contribution is 6.30. The fourth-order valence-electron chi connectivity index (χ4n) is 3.56. The van der Waals surface area contributed by atoms with Crippen molar-refractivity contribution in [2.24, 2.45) is 11.1 Å². The summed E-state index contributed by atoms with van der Waals surface area (Å²) in [4.78, 5) is 7.70. The van der Waals surface area contributed by atoms with E-state index in [1.54, 1.807) is 18.2 Å². The Morgan fingerprint density at radius 2 is 2.03 bits per heavy atom. The SMILES string of the molecule is CC(C)COCC(O)CN(Cc1cccc(Cl)c1)CC1CC(c2ccccc2F)=NO1. The molecule has 0 fully saturated rings. The van der Waals surface area contributed by atoms with E-state index in [4.69, 9.17) is 21.2 Å². The maximum Gasteiger partial charge on any atom is 0.145 e. The van der Waals surface area contributed by atoms with Crippen LogP contribution < -0.4 is 0 Å². The van der Waals surface area contributed by atoms with Crippen LogP contribution in [-0.2, 0) is 16.1 Å². The number of nitrogens with zero attached hydrogens (tertiary/aromatic N) is 2. The summed E-state index contributed by atoms with van der Waals surface area (Å²) in [6.45, 7) is 6.57. The zero-order valence-corrected chi connectivity index (χ0v) is 18.8. The molecule has 0 saturated heterocycles. The van der Waals surface area contributed by atoms with Crippen molar-refractivity contribution in [1.82, 2.24) is 4.90 Å². The van der Waals surface area contributed by atoms with Gasteiger partial charge in [-0.05, 0) is 29.7 Å². The van der Waals surface area contributed by atoms with Crippen LogP contribution in [0.5, 0.6) is 0 Å². The van der Waals surface area contributed by atoms with Gasteiger partial charge >= 0.3 is 0 Å². The van der Waals surface area contributed by atoms with Crippen LogP contribution in [0.4, 0.5) is 4.39 Å². The first-order chi connectivity index (χ1) is 14.9. The summed E-state index contributed by atoms with van der Waals surface area (Å²) in [5, 5.41) is 15.3. The third kappa shape index (κ3) is 7.58. The lowest BCUT2D eigenvalue weighted by Gasteiger charge is -2.27. The number of rotatable bonds is 11. The molecular formula is C24H30ClFN2O3. The molecule has 0 spiro atoms. The van der Waals surface area contributed by atoms with Crippen LogP contribution in [0.2, 0.25) is 5.02 Å². The molecule has 5 nitrogen and oxygen atoms in total. The summed E-state index contributed by atoms with van der Waals surface area (Å²) in [6.07, 6.45) is -0.351. The Hall–Kier alpha value is -1.99. The van der Waals surface area contributed by atoms with Crippen molar-refractivity contribution < 1.29 is 19.1 Å². The predicted molar refractivity (Wildman–Crippen MR) is 121 cm³/mol. The summed E-state index contributed by atoms with van der Waals surface area (Å²) in [6, 6.07) is 14.2. The molecule has 0 aromatic heterocycles. The monoisotopic (exact) mass is 448 g/mol. The molecule has 0 aliphatic carbocycles. The highest BCUT2D eigenvalue weighted by Crippen LogP contribution is 2.21. The number of oxime groups is 1. The standard InChI is InChI=1S/C24H30ClFN2O3/c1-17(2)15-30-16-20(29)13-28(12-18-6-5-7-19(25)10-18)14-21-11-24(27-31-21)22-8-3-4-9-23(22)26/h3-10,17,20-21,29H,11-16H2,1-2H3. The van der Waals surface area contributed by atoms with Gasteiger partial charge in [0.15, 0.2) is 0 Å². The molecule has 2 aromatic carbocycles. The Morgan fingerprint density at radius 1 is 1.23 bits per heavy atom. The minimum Gasteiger partial charge on any atom is -0.390 e. The van der Waals surface area contributed by atoms with Crippen LogP contribution in [0, 0.1) is 11.7 Å². The number of halogens is 2. The Labute approximate surface area is 188 Å². The molecule has 0 amide bonds. The Balaban J connectivity index is 1.61. The van der Waals surface area contributed by atoms with Crippen molar-refractivity contribution in [3.63, 3.8) is 0 Å². The molecule has 1 aliphatic rings. The van der Waals surface area contributed by atoms with Crippen molar-refractivity contribution in [3.8, 4) is 0 Å². The van der Waals surface area contributed by atoms with Crippen LogP contribution in [-0.4, -0.2) is 54.2 Å². The van der Waals surface area contributed by atoms with Crippen molar-refractivity contribution in [2.45, 2.75) is 39.0 Å². The van der Waals surface area contributed by atoms with E-state index in [0.717, 1.165) is 5.56 Å². The van der Waals surface area contributed by atoms with E-state index < -0.39 is 6.10 Å². The van der Waals surface area contributed by atoms with E-state index in [0.29, 0.717) is 54.9 Å². The number of aliphatic hydroxyl groups excluding tert-OH is 1. The van der Waals surface area contributed by atoms with Crippen molar-refractivity contribution in [2.75, 3.05) is 26.3 Å².